The van der Waals surface area contributed by atoms with E-state index in [1.807, 2.05) is 13.8 Å². The van der Waals surface area contributed by atoms with Crippen LogP contribution in [0.2, 0.25) is 0 Å². The quantitative estimate of drug-likeness (QED) is 0.526. The second kappa shape index (κ2) is 11.0. The summed E-state index contributed by atoms with van der Waals surface area (Å²) >= 11 is 0. The van der Waals surface area contributed by atoms with Gasteiger partial charge in [0.05, 0.1) is 26.3 Å². The largest absolute Gasteiger partial charge is 0.492 e. The number of amides is 2. The van der Waals surface area contributed by atoms with Gasteiger partial charge in [-0.2, -0.15) is 0 Å². The number of fused-ring (bicyclic) bond motifs is 1. The molecule has 1 aliphatic heterocycles. The highest BCUT2D eigenvalue weighted by Crippen LogP contribution is 2.35. The van der Waals surface area contributed by atoms with Gasteiger partial charge in [-0.05, 0) is 44.2 Å². The molecule has 0 fully saturated rings. The Morgan fingerprint density at radius 1 is 0.903 bits per heavy atom. The number of hydrogen-bond acceptors (Lipinski definition) is 7. The first-order valence-corrected chi connectivity index (χ1v) is 10.1. The van der Waals surface area contributed by atoms with Crippen LogP contribution in [0.1, 0.15) is 24.2 Å². The molecule has 1 heterocycles. The molecule has 1 aliphatic rings. The summed E-state index contributed by atoms with van der Waals surface area (Å²) in [7, 11) is 0. The van der Waals surface area contributed by atoms with Gasteiger partial charge in [0.15, 0.2) is 23.0 Å². The molecular weight excluding hydrogens is 404 g/mol. The SMILES string of the molecule is CCOc1ccc(C(=O)NCC(=O)NCCOc2ccc3c(c2)OCO3)cc1OCC. The van der Waals surface area contributed by atoms with E-state index < -0.39 is 0 Å². The average Bonchev–Trinajstić information content (AvgIpc) is 3.24. The highest BCUT2D eigenvalue weighted by atomic mass is 16.7. The molecule has 9 heteroatoms. The predicted octanol–water partition coefficient (Wildman–Crippen LogP) is 2.14. The Morgan fingerprint density at radius 3 is 2.48 bits per heavy atom. The van der Waals surface area contributed by atoms with Crippen LogP contribution in [-0.2, 0) is 4.79 Å². The van der Waals surface area contributed by atoms with Crippen LogP contribution < -0.4 is 34.3 Å². The monoisotopic (exact) mass is 430 g/mol. The van der Waals surface area contributed by atoms with Gasteiger partial charge in [-0.25, -0.2) is 0 Å². The number of rotatable bonds is 11. The second-order valence-corrected chi connectivity index (χ2v) is 6.42. The second-order valence-electron chi connectivity index (χ2n) is 6.42. The summed E-state index contributed by atoms with van der Waals surface area (Å²) in [6.45, 7) is 5.27. The topological polar surface area (TPSA) is 104 Å². The standard InChI is InChI=1S/C22H26N2O7/c1-3-27-17-7-5-15(11-19(17)28-4-2)22(26)24-13-21(25)23-9-10-29-16-6-8-18-20(12-16)31-14-30-18/h5-8,11-12H,3-4,9-10,13-14H2,1-2H3,(H,23,25)(H,24,26). The summed E-state index contributed by atoms with van der Waals surface area (Å²) in [4.78, 5) is 24.3. The molecule has 31 heavy (non-hydrogen) atoms. The van der Waals surface area contributed by atoms with Crippen molar-refractivity contribution >= 4 is 11.8 Å². The maximum Gasteiger partial charge on any atom is 0.251 e. The van der Waals surface area contributed by atoms with Crippen molar-refractivity contribution in [3.05, 3.63) is 42.0 Å². The first kappa shape index (κ1) is 22.1. The molecule has 0 atom stereocenters. The van der Waals surface area contributed by atoms with E-state index in [0.29, 0.717) is 54.1 Å². The first-order chi connectivity index (χ1) is 15.1. The van der Waals surface area contributed by atoms with Crippen molar-refractivity contribution < 1.29 is 33.3 Å². The van der Waals surface area contributed by atoms with E-state index in [1.165, 1.54) is 0 Å². The minimum Gasteiger partial charge on any atom is -0.492 e. The summed E-state index contributed by atoms with van der Waals surface area (Å²) in [6, 6.07) is 10.2. The number of nitrogens with one attached hydrogen (secondary N) is 2. The lowest BCUT2D eigenvalue weighted by Crippen LogP contribution is -2.38. The Labute approximate surface area is 180 Å². The molecule has 0 radical (unpaired) electrons. The van der Waals surface area contributed by atoms with Crippen molar-refractivity contribution in [1.82, 2.24) is 10.6 Å². The van der Waals surface area contributed by atoms with E-state index >= 15 is 0 Å². The highest BCUT2D eigenvalue weighted by Gasteiger charge is 2.14. The molecule has 0 bridgehead atoms. The summed E-state index contributed by atoms with van der Waals surface area (Å²) in [6.07, 6.45) is 0. The minimum absolute atomic E-state index is 0.153. The lowest BCUT2D eigenvalue weighted by Gasteiger charge is -2.12. The molecule has 0 aromatic heterocycles. The minimum atomic E-state index is -0.379. The molecule has 2 N–H and O–H groups in total. The third kappa shape index (κ3) is 6.18. The lowest BCUT2D eigenvalue weighted by molar-refractivity contribution is -0.120. The van der Waals surface area contributed by atoms with Gasteiger partial charge >= 0.3 is 0 Å². The van der Waals surface area contributed by atoms with Gasteiger partial charge in [0.1, 0.15) is 12.4 Å². The van der Waals surface area contributed by atoms with Gasteiger partial charge < -0.3 is 34.3 Å². The first-order valence-electron chi connectivity index (χ1n) is 10.1. The van der Waals surface area contributed by atoms with E-state index in [4.69, 9.17) is 23.7 Å². The van der Waals surface area contributed by atoms with Gasteiger partial charge in [-0.15, -0.1) is 0 Å². The van der Waals surface area contributed by atoms with Crippen molar-refractivity contribution in [2.45, 2.75) is 13.8 Å². The van der Waals surface area contributed by atoms with E-state index in [-0.39, 0.29) is 31.8 Å². The molecule has 2 amide bonds. The number of hydrogen-bond donors (Lipinski definition) is 2. The molecule has 0 saturated heterocycles. The highest BCUT2D eigenvalue weighted by molar-refractivity contribution is 5.97. The van der Waals surface area contributed by atoms with E-state index in [0.717, 1.165) is 0 Å². The molecule has 2 aromatic carbocycles. The lowest BCUT2D eigenvalue weighted by atomic mass is 10.2. The molecule has 0 saturated carbocycles. The van der Waals surface area contributed by atoms with Crippen molar-refractivity contribution in [3.8, 4) is 28.7 Å². The van der Waals surface area contributed by atoms with Crippen LogP contribution in [0.3, 0.4) is 0 Å². The van der Waals surface area contributed by atoms with E-state index in [1.54, 1.807) is 36.4 Å². The Hall–Kier alpha value is -3.62. The molecular formula is C22H26N2O7. The van der Waals surface area contributed by atoms with Gasteiger partial charge in [0.2, 0.25) is 12.7 Å². The molecule has 0 spiro atoms. The zero-order valence-electron chi connectivity index (χ0n) is 17.6. The zero-order chi connectivity index (χ0) is 22.1. The fraction of sp³-hybridized carbons (Fsp3) is 0.364. The molecule has 3 rings (SSSR count). The Balaban J connectivity index is 1.40. The fourth-order valence-corrected chi connectivity index (χ4v) is 2.84. The van der Waals surface area contributed by atoms with Crippen molar-refractivity contribution in [3.63, 3.8) is 0 Å². The van der Waals surface area contributed by atoms with Crippen LogP contribution >= 0.6 is 0 Å². The molecule has 9 nitrogen and oxygen atoms in total. The summed E-state index contributed by atoms with van der Waals surface area (Å²) in [5.41, 5.74) is 0.380. The zero-order valence-corrected chi connectivity index (χ0v) is 17.6. The average molecular weight is 430 g/mol. The molecule has 166 valence electrons. The maximum atomic E-state index is 12.3. The number of carbonyl (C=O) groups is 2. The van der Waals surface area contributed by atoms with Gasteiger partial charge in [0.25, 0.3) is 5.91 Å². The molecule has 0 aliphatic carbocycles. The molecule has 2 aromatic rings. The van der Waals surface area contributed by atoms with Gasteiger partial charge in [-0.3, -0.25) is 9.59 Å². The summed E-state index contributed by atoms with van der Waals surface area (Å²) < 4.78 is 27.1. The number of ether oxygens (including phenoxy) is 5. The summed E-state index contributed by atoms with van der Waals surface area (Å²) in [5, 5.41) is 5.28. The van der Waals surface area contributed by atoms with Gasteiger partial charge in [-0.1, -0.05) is 0 Å². The van der Waals surface area contributed by atoms with Crippen LogP contribution in [0.15, 0.2) is 36.4 Å². The van der Waals surface area contributed by atoms with Crippen LogP contribution in [0.5, 0.6) is 28.7 Å². The normalized spacial score (nSPS) is 11.5. The number of carbonyl (C=O) groups excluding carboxylic acids is 2. The van der Waals surface area contributed by atoms with Crippen LogP contribution in [-0.4, -0.2) is 51.5 Å². The summed E-state index contributed by atoms with van der Waals surface area (Å²) in [5.74, 6) is 2.29. The van der Waals surface area contributed by atoms with Crippen molar-refractivity contribution in [2.75, 3.05) is 39.7 Å². The van der Waals surface area contributed by atoms with E-state index in [2.05, 4.69) is 10.6 Å². The predicted molar refractivity (Wildman–Crippen MR) is 112 cm³/mol. The maximum absolute atomic E-state index is 12.3. The van der Waals surface area contributed by atoms with Gasteiger partial charge in [0, 0.05) is 11.6 Å². The van der Waals surface area contributed by atoms with Crippen molar-refractivity contribution in [2.24, 2.45) is 0 Å². The van der Waals surface area contributed by atoms with Crippen LogP contribution in [0.25, 0.3) is 0 Å². The fourth-order valence-electron chi connectivity index (χ4n) is 2.84. The van der Waals surface area contributed by atoms with Crippen LogP contribution in [0.4, 0.5) is 0 Å². The third-order valence-electron chi connectivity index (χ3n) is 4.25. The number of benzene rings is 2. The smallest absolute Gasteiger partial charge is 0.251 e. The van der Waals surface area contributed by atoms with E-state index in [9.17, 15) is 9.59 Å². The van der Waals surface area contributed by atoms with Crippen LogP contribution in [0, 0.1) is 0 Å². The third-order valence-corrected chi connectivity index (χ3v) is 4.25. The Bertz CT molecular complexity index is 917. The Morgan fingerprint density at radius 2 is 1.68 bits per heavy atom. The van der Waals surface area contributed by atoms with Crippen molar-refractivity contribution in [1.29, 1.82) is 0 Å². The molecule has 0 unspecified atom stereocenters. The Kier molecular flexibility index (Phi) is 7.80.